The highest BCUT2D eigenvalue weighted by atomic mass is 32.1. The Kier molecular flexibility index (Phi) is 2.63. The highest BCUT2D eigenvalue weighted by Crippen LogP contribution is 2.11. The van der Waals surface area contributed by atoms with Crippen LogP contribution < -0.4 is 0 Å². The molecule has 0 amide bonds. The molecule has 0 aliphatic rings. The number of thiophene rings is 1. The van der Waals surface area contributed by atoms with E-state index in [9.17, 15) is 0 Å². The van der Waals surface area contributed by atoms with E-state index in [1.807, 2.05) is 17.5 Å². The minimum absolute atomic E-state index is 0.775. The summed E-state index contributed by atoms with van der Waals surface area (Å²) in [6.45, 7) is 2.10. The molecule has 0 saturated carbocycles. The first-order chi connectivity index (χ1) is 4.84. The maximum atomic E-state index is 7.56. The normalized spacial score (nSPS) is 9.70. The first-order valence-corrected chi connectivity index (χ1v) is 4.34. The van der Waals surface area contributed by atoms with Crippen molar-refractivity contribution in [1.29, 1.82) is 5.41 Å². The van der Waals surface area contributed by atoms with E-state index in [4.69, 9.17) is 5.41 Å². The van der Waals surface area contributed by atoms with Crippen LogP contribution in [0.15, 0.2) is 17.5 Å². The van der Waals surface area contributed by atoms with Crippen LogP contribution in [0.5, 0.6) is 0 Å². The lowest BCUT2D eigenvalue weighted by atomic mass is 10.2. The third-order valence-corrected chi connectivity index (χ3v) is 2.25. The van der Waals surface area contributed by atoms with Crippen molar-refractivity contribution in [2.45, 2.75) is 19.8 Å². The van der Waals surface area contributed by atoms with Crippen LogP contribution in [0.4, 0.5) is 0 Å². The van der Waals surface area contributed by atoms with Gasteiger partial charge in [-0.05, 0) is 17.9 Å². The lowest BCUT2D eigenvalue weighted by Crippen LogP contribution is -1.93. The molecule has 1 heterocycles. The molecule has 1 aromatic heterocycles. The average molecular weight is 153 g/mol. The molecule has 0 bridgehead atoms. The van der Waals surface area contributed by atoms with E-state index in [1.165, 1.54) is 0 Å². The van der Waals surface area contributed by atoms with Crippen LogP contribution in [-0.2, 0) is 0 Å². The van der Waals surface area contributed by atoms with Crippen molar-refractivity contribution in [1.82, 2.24) is 0 Å². The van der Waals surface area contributed by atoms with E-state index >= 15 is 0 Å². The minimum atomic E-state index is 0.775. The minimum Gasteiger partial charge on any atom is -0.304 e. The third-order valence-electron chi connectivity index (χ3n) is 1.32. The molecule has 1 aromatic rings. The van der Waals surface area contributed by atoms with Gasteiger partial charge in [-0.15, -0.1) is 11.3 Å². The van der Waals surface area contributed by atoms with Crippen molar-refractivity contribution in [2.75, 3.05) is 0 Å². The smallest absolute Gasteiger partial charge is 0.0485 e. The zero-order valence-corrected chi connectivity index (χ0v) is 6.87. The molecule has 0 spiro atoms. The van der Waals surface area contributed by atoms with Crippen LogP contribution >= 0.6 is 11.3 Å². The Morgan fingerprint density at radius 1 is 1.70 bits per heavy atom. The Morgan fingerprint density at radius 3 is 3.00 bits per heavy atom. The molecule has 0 aliphatic carbocycles. The fourth-order valence-corrected chi connectivity index (χ4v) is 1.53. The topological polar surface area (TPSA) is 23.9 Å². The number of nitrogens with one attached hydrogen (secondary N) is 1. The second-order valence-electron chi connectivity index (χ2n) is 2.21. The van der Waals surface area contributed by atoms with Gasteiger partial charge < -0.3 is 5.41 Å². The molecule has 1 N–H and O–H groups in total. The van der Waals surface area contributed by atoms with Gasteiger partial charge in [-0.2, -0.15) is 0 Å². The maximum absolute atomic E-state index is 7.56. The molecule has 2 heteroatoms. The van der Waals surface area contributed by atoms with Crippen molar-refractivity contribution in [3.63, 3.8) is 0 Å². The van der Waals surface area contributed by atoms with Gasteiger partial charge in [-0.3, -0.25) is 0 Å². The van der Waals surface area contributed by atoms with Crippen LogP contribution in [0.1, 0.15) is 24.6 Å². The predicted octanol–water partition coefficient (Wildman–Crippen LogP) is 2.92. The van der Waals surface area contributed by atoms with Crippen molar-refractivity contribution in [2.24, 2.45) is 0 Å². The lowest BCUT2D eigenvalue weighted by molar-refractivity contribution is 0.988. The van der Waals surface area contributed by atoms with E-state index in [2.05, 4.69) is 6.92 Å². The summed E-state index contributed by atoms with van der Waals surface area (Å²) in [6.07, 6.45) is 1.97. The fraction of sp³-hybridized carbons (Fsp3) is 0.375. The summed E-state index contributed by atoms with van der Waals surface area (Å²) in [5.74, 6) is 0. The van der Waals surface area contributed by atoms with Crippen LogP contribution in [0, 0.1) is 5.41 Å². The summed E-state index contributed by atoms with van der Waals surface area (Å²) < 4.78 is 0. The zero-order valence-electron chi connectivity index (χ0n) is 6.05. The molecule has 1 nitrogen and oxygen atoms in total. The van der Waals surface area contributed by atoms with Crippen LogP contribution in [0.2, 0.25) is 0 Å². The fourth-order valence-electron chi connectivity index (χ4n) is 0.823. The molecule has 0 saturated heterocycles. The summed E-state index contributed by atoms with van der Waals surface area (Å²) in [6, 6.07) is 3.99. The maximum Gasteiger partial charge on any atom is 0.0485 e. The summed E-state index contributed by atoms with van der Waals surface area (Å²) in [7, 11) is 0. The number of hydrogen-bond donors (Lipinski definition) is 1. The van der Waals surface area contributed by atoms with Gasteiger partial charge in [0, 0.05) is 10.6 Å². The summed E-state index contributed by atoms with van der Waals surface area (Å²) >= 11 is 1.65. The van der Waals surface area contributed by atoms with Gasteiger partial charge >= 0.3 is 0 Å². The van der Waals surface area contributed by atoms with E-state index < -0.39 is 0 Å². The number of hydrogen-bond acceptors (Lipinski definition) is 2. The molecule has 54 valence electrons. The highest BCUT2D eigenvalue weighted by Gasteiger charge is 1.98. The van der Waals surface area contributed by atoms with Gasteiger partial charge in [-0.1, -0.05) is 19.4 Å². The van der Waals surface area contributed by atoms with Gasteiger partial charge in [0.05, 0.1) is 0 Å². The Morgan fingerprint density at radius 2 is 2.50 bits per heavy atom. The third kappa shape index (κ3) is 1.67. The first-order valence-electron chi connectivity index (χ1n) is 3.46. The van der Waals surface area contributed by atoms with Crippen LogP contribution in [0.3, 0.4) is 0 Å². The van der Waals surface area contributed by atoms with Crippen molar-refractivity contribution in [3.05, 3.63) is 22.4 Å². The quantitative estimate of drug-likeness (QED) is 0.646. The molecular weight excluding hydrogens is 142 g/mol. The van der Waals surface area contributed by atoms with Gasteiger partial charge in [0.1, 0.15) is 0 Å². The predicted molar refractivity (Wildman–Crippen MR) is 46.1 cm³/mol. The summed E-state index contributed by atoms with van der Waals surface area (Å²) in [4.78, 5) is 1.11. The molecule has 0 fully saturated rings. The van der Waals surface area contributed by atoms with Gasteiger partial charge in [-0.25, -0.2) is 0 Å². The van der Waals surface area contributed by atoms with Crippen molar-refractivity contribution < 1.29 is 0 Å². The van der Waals surface area contributed by atoms with Crippen molar-refractivity contribution >= 4 is 17.0 Å². The molecular formula is C8H11NS. The van der Waals surface area contributed by atoms with Gasteiger partial charge in [0.25, 0.3) is 0 Å². The summed E-state index contributed by atoms with van der Waals surface area (Å²) in [5, 5.41) is 9.57. The van der Waals surface area contributed by atoms with E-state index in [0.29, 0.717) is 0 Å². The van der Waals surface area contributed by atoms with E-state index in [1.54, 1.807) is 11.3 Å². The second kappa shape index (κ2) is 3.52. The van der Waals surface area contributed by atoms with E-state index in [-0.39, 0.29) is 0 Å². The first kappa shape index (κ1) is 7.48. The largest absolute Gasteiger partial charge is 0.304 e. The Bertz CT molecular complexity index is 201. The second-order valence-corrected chi connectivity index (χ2v) is 3.15. The zero-order chi connectivity index (χ0) is 7.40. The van der Waals surface area contributed by atoms with Gasteiger partial charge in [0.2, 0.25) is 0 Å². The standard InChI is InChI=1S/C8H11NS/c1-2-4-7(9)8-5-3-6-10-8/h3,5-6,9H,2,4H2,1H3. The lowest BCUT2D eigenvalue weighted by Gasteiger charge is -1.94. The van der Waals surface area contributed by atoms with Crippen LogP contribution in [-0.4, -0.2) is 5.71 Å². The monoisotopic (exact) mass is 153 g/mol. The Hall–Kier alpha value is -0.630. The molecule has 0 unspecified atom stereocenters. The molecule has 10 heavy (non-hydrogen) atoms. The molecule has 0 radical (unpaired) electrons. The van der Waals surface area contributed by atoms with Crippen LogP contribution in [0.25, 0.3) is 0 Å². The Balaban J connectivity index is 2.59. The number of rotatable bonds is 3. The van der Waals surface area contributed by atoms with E-state index in [0.717, 1.165) is 23.4 Å². The molecule has 1 rings (SSSR count). The average Bonchev–Trinajstić information content (AvgIpc) is 2.38. The Labute approximate surface area is 65.2 Å². The molecule has 0 atom stereocenters. The van der Waals surface area contributed by atoms with Gasteiger partial charge in [0.15, 0.2) is 0 Å². The summed E-state index contributed by atoms with van der Waals surface area (Å²) in [5.41, 5.74) is 0.775. The van der Waals surface area contributed by atoms with Crippen molar-refractivity contribution in [3.8, 4) is 0 Å². The highest BCUT2D eigenvalue weighted by molar-refractivity contribution is 7.12. The SMILES string of the molecule is CCCC(=N)c1cccs1. The molecule has 0 aliphatic heterocycles. The molecule has 0 aromatic carbocycles.